The molecule has 0 spiro atoms. The van der Waals surface area contributed by atoms with E-state index in [1.54, 1.807) is 0 Å². The number of nitrogens with zero attached hydrogens (tertiary/aromatic N) is 1. The van der Waals surface area contributed by atoms with Crippen LogP contribution in [0.5, 0.6) is 0 Å². The second-order valence-electron chi connectivity index (χ2n) is 4.88. The average Bonchev–Trinajstić information content (AvgIpc) is 2.48. The first-order valence-electron chi connectivity index (χ1n) is 7.77. The highest BCUT2D eigenvalue weighted by Crippen LogP contribution is 2.29. The normalized spacial score (nSPS) is 16.4. The molecule has 2 N–H and O–H groups in total. The van der Waals surface area contributed by atoms with Crippen LogP contribution in [0.25, 0.3) is 0 Å². The third-order valence-corrected chi connectivity index (χ3v) is 3.54. The highest BCUT2D eigenvalue weighted by Gasteiger charge is 2.14. The Kier molecular flexibility index (Phi) is 18.1. The zero-order valence-electron chi connectivity index (χ0n) is 13.0. The molecule has 0 heterocycles. The number of rotatable bonds is 5. The lowest BCUT2D eigenvalue weighted by molar-refractivity contribution is 0.309. The van der Waals surface area contributed by atoms with Crippen molar-refractivity contribution in [1.29, 1.82) is 5.26 Å². The Balaban J connectivity index is 0. The van der Waals surface area contributed by atoms with Crippen molar-refractivity contribution in [3.05, 3.63) is 0 Å². The van der Waals surface area contributed by atoms with Crippen molar-refractivity contribution in [1.82, 2.24) is 0 Å². The fraction of sp³-hybridized carbons (Fsp3) is 0.938. The van der Waals surface area contributed by atoms with Gasteiger partial charge in [0.2, 0.25) is 0 Å². The van der Waals surface area contributed by atoms with Gasteiger partial charge in [-0.2, -0.15) is 5.26 Å². The predicted octanol–water partition coefficient (Wildman–Crippen LogP) is 4.89. The van der Waals surface area contributed by atoms with Crippen LogP contribution < -0.4 is 5.73 Å². The van der Waals surface area contributed by atoms with Gasteiger partial charge in [0, 0.05) is 6.42 Å². The van der Waals surface area contributed by atoms with Crippen molar-refractivity contribution < 1.29 is 0 Å². The fourth-order valence-electron chi connectivity index (χ4n) is 2.45. The molecule has 108 valence electrons. The van der Waals surface area contributed by atoms with E-state index in [-0.39, 0.29) is 0 Å². The largest absolute Gasteiger partial charge is 0.333 e. The Morgan fingerprint density at radius 2 is 1.67 bits per heavy atom. The lowest BCUT2D eigenvalue weighted by Gasteiger charge is -2.22. The van der Waals surface area contributed by atoms with E-state index in [1.807, 2.05) is 13.8 Å². The molecule has 1 unspecified atom stereocenters. The molecule has 0 amide bonds. The van der Waals surface area contributed by atoms with E-state index in [9.17, 15) is 0 Å². The topological polar surface area (TPSA) is 49.8 Å². The van der Waals surface area contributed by atoms with Crippen molar-refractivity contribution in [2.24, 2.45) is 17.6 Å². The lowest BCUT2D eigenvalue weighted by atomic mass is 9.84. The van der Waals surface area contributed by atoms with Crippen LogP contribution in [0.1, 0.15) is 78.6 Å². The van der Waals surface area contributed by atoms with Crippen molar-refractivity contribution >= 4 is 0 Å². The van der Waals surface area contributed by atoms with Gasteiger partial charge in [0.15, 0.2) is 0 Å². The summed E-state index contributed by atoms with van der Waals surface area (Å²) in [6, 6.07) is 2.24. The van der Waals surface area contributed by atoms with Crippen LogP contribution in [0.3, 0.4) is 0 Å². The molecule has 0 bridgehead atoms. The van der Waals surface area contributed by atoms with Gasteiger partial charge < -0.3 is 5.73 Å². The Morgan fingerprint density at radius 1 is 1.11 bits per heavy atom. The maximum atomic E-state index is 8.48. The van der Waals surface area contributed by atoms with Gasteiger partial charge in [0.1, 0.15) is 0 Å². The summed E-state index contributed by atoms with van der Waals surface area (Å²) in [5.74, 6) is 1.77. The maximum Gasteiger partial charge on any atom is 0.0621 e. The highest BCUT2D eigenvalue weighted by atomic mass is 14.4. The van der Waals surface area contributed by atoms with Gasteiger partial charge in [-0.25, -0.2) is 0 Å². The molecule has 1 aliphatic carbocycles. The van der Waals surface area contributed by atoms with Crippen LogP contribution in [-0.4, -0.2) is 7.05 Å². The van der Waals surface area contributed by atoms with Gasteiger partial charge in [0.05, 0.1) is 6.07 Å². The smallest absolute Gasteiger partial charge is 0.0621 e. The Bertz CT molecular complexity index is 178. The molecule has 0 aromatic carbocycles. The van der Waals surface area contributed by atoms with E-state index in [4.69, 9.17) is 5.26 Å². The van der Waals surface area contributed by atoms with Crippen LogP contribution in [0, 0.1) is 23.2 Å². The number of hydrogen-bond donors (Lipinski definition) is 1. The molecule has 2 nitrogen and oxygen atoms in total. The molecule has 0 aromatic rings. The van der Waals surface area contributed by atoms with E-state index in [0.717, 1.165) is 24.7 Å². The third-order valence-electron chi connectivity index (χ3n) is 3.54. The second-order valence-corrected chi connectivity index (χ2v) is 4.88. The molecule has 0 aromatic heterocycles. The molecule has 1 aliphatic rings. The van der Waals surface area contributed by atoms with Gasteiger partial charge in [-0.15, -0.1) is 0 Å². The highest BCUT2D eigenvalue weighted by molar-refractivity contribution is 4.72. The van der Waals surface area contributed by atoms with Gasteiger partial charge in [-0.05, 0) is 25.3 Å². The third kappa shape index (κ3) is 11.9. The first kappa shape index (κ1) is 19.8. The summed E-state index contributed by atoms with van der Waals surface area (Å²) in [5, 5.41) is 8.48. The summed E-state index contributed by atoms with van der Waals surface area (Å²) in [5.41, 5.74) is 4.50. The zero-order valence-corrected chi connectivity index (χ0v) is 13.0. The molecule has 18 heavy (non-hydrogen) atoms. The van der Waals surface area contributed by atoms with E-state index < -0.39 is 0 Å². The summed E-state index contributed by atoms with van der Waals surface area (Å²) in [6.45, 7) is 6.29. The monoisotopic (exact) mass is 254 g/mol. The molecular formula is C16H34N2. The van der Waals surface area contributed by atoms with Crippen LogP contribution in [0.15, 0.2) is 0 Å². The Hall–Kier alpha value is -0.550. The zero-order chi connectivity index (χ0) is 14.2. The standard InChI is InChI=1S/C13H23N.C2H6.CH5N/c1-12(6-5-11-14)9-10-13-7-3-2-4-8-13;2*1-2/h12-13H,2-10H2,1H3;1-2H3;2H2,1H3. The van der Waals surface area contributed by atoms with Crippen LogP contribution >= 0.6 is 0 Å². The summed E-state index contributed by atoms with van der Waals surface area (Å²) in [4.78, 5) is 0. The minimum Gasteiger partial charge on any atom is -0.333 e. The molecule has 1 rings (SSSR count). The van der Waals surface area contributed by atoms with E-state index in [2.05, 4.69) is 18.7 Å². The van der Waals surface area contributed by atoms with Crippen LogP contribution in [0.4, 0.5) is 0 Å². The molecule has 1 atom stereocenters. The van der Waals surface area contributed by atoms with Crippen LogP contribution in [0.2, 0.25) is 0 Å². The quantitative estimate of drug-likeness (QED) is 0.759. The second kappa shape index (κ2) is 16.4. The van der Waals surface area contributed by atoms with E-state index in [0.29, 0.717) is 0 Å². The molecule has 2 heteroatoms. The number of nitrogens with two attached hydrogens (primary N) is 1. The fourth-order valence-corrected chi connectivity index (χ4v) is 2.45. The van der Waals surface area contributed by atoms with Crippen molar-refractivity contribution in [3.63, 3.8) is 0 Å². The minimum atomic E-state index is 0.742. The Labute approximate surface area is 115 Å². The molecule has 1 fully saturated rings. The van der Waals surface area contributed by atoms with Crippen LogP contribution in [-0.2, 0) is 0 Å². The first-order valence-corrected chi connectivity index (χ1v) is 7.77. The average molecular weight is 254 g/mol. The molecule has 0 aliphatic heterocycles. The predicted molar refractivity (Wildman–Crippen MR) is 81.3 cm³/mol. The van der Waals surface area contributed by atoms with E-state index >= 15 is 0 Å². The van der Waals surface area contributed by atoms with Gasteiger partial charge in [0.25, 0.3) is 0 Å². The molecule has 0 radical (unpaired) electrons. The summed E-state index contributed by atoms with van der Waals surface area (Å²) >= 11 is 0. The molecule has 0 saturated heterocycles. The SMILES string of the molecule is CC.CC(CCC#N)CCC1CCCCC1.CN. The summed E-state index contributed by atoms with van der Waals surface area (Å²) in [6.07, 6.45) is 11.9. The summed E-state index contributed by atoms with van der Waals surface area (Å²) < 4.78 is 0. The van der Waals surface area contributed by atoms with Crippen molar-refractivity contribution in [2.45, 2.75) is 78.6 Å². The first-order chi connectivity index (χ1) is 8.83. The van der Waals surface area contributed by atoms with Gasteiger partial charge in [-0.3, -0.25) is 0 Å². The Morgan fingerprint density at radius 3 is 2.17 bits per heavy atom. The van der Waals surface area contributed by atoms with Crippen molar-refractivity contribution in [3.8, 4) is 6.07 Å². The number of nitriles is 1. The lowest BCUT2D eigenvalue weighted by Crippen LogP contribution is -2.08. The maximum absolute atomic E-state index is 8.48. The minimum absolute atomic E-state index is 0.742. The van der Waals surface area contributed by atoms with E-state index in [1.165, 1.54) is 52.0 Å². The van der Waals surface area contributed by atoms with Crippen molar-refractivity contribution in [2.75, 3.05) is 7.05 Å². The van der Waals surface area contributed by atoms with Gasteiger partial charge >= 0.3 is 0 Å². The molecule has 1 saturated carbocycles. The molecular weight excluding hydrogens is 220 g/mol. The summed E-state index contributed by atoms with van der Waals surface area (Å²) in [7, 11) is 1.50. The van der Waals surface area contributed by atoms with Gasteiger partial charge in [-0.1, -0.05) is 65.7 Å². The number of hydrogen-bond acceptors (Lipinski definition) is 2.